The third kappa shape index (κ3) is 8.90. The molecule has 4 aromatic rings. The standard InChI is InChI=1S/C35H32O6/c1-38-34-21-26(15-19-32(34)40-24-28-9-5-3-6-10-28)13-17-30(36)23-31(37)18-14-27-16-20-33(35(22-27)39-2)41-25-29-11-7-4-8-12-29/h3-23,36H,24-25H2,1-2H3/b17-13+,18-14+,30-23-. The largest absolute Gasteiger partial charge is 0.508 e. The zero-order chi connectivity index (χ0) is 28.9. The first-order valence-electron chi connectivity index (χ1n) is 13.0. The average Bonchev–Trinajstić information content (AvgIpc) is 3.02. The minimum atomic E-state index is -0.363. The zero-order valence-electron chi connectivity index (χ0n) is 23.0. The summed E-state index contributed by atoms with van der Waals surface area (Å²) in [5.74, 6) is 1.81. The fourth-order valence-corrected chi connectivity index (χ4v) is 3.89. The van der Waals surface area contributed by atoms with Crippen LogP contribution in [0.25, 0.3) is 12.2 Å². The van der Waals surface area contributed by atoms with Crippen LogP contribution in [-0.2, 0) is 18.0 Å². The summed E-state index contributed by atoms with van der Waals surface area (Å²) < 4.78 is 22.7. The first-order chi connectivity index (χ1) is 20.0. The maximum atomic E-state index is 12.4. The average molecular weight is 549 g/mol. The van der Waals surface area contributed by atoms with Gasteiger partial charge in [-0.15, -0.1) is 0 Å². The van der Waals surface area contributed by atoms with E-state index in [4.69, 9.17) is 18.9 Å². The van der Waals surface area contributed by atoms with Crippen LogP contribution in [0.15, 0.2) is 121 Å². The number of rotatable bonds is 13. The van der Waals surface area contributed by atoms with E-state index in [1.165, 1.54) is 12.2 Å². The van der Waals surface area contributed by atoms with Gasteiger partial charge in [-0.3, -0.25) is 4.79 Å². The van der Waals surface area contributed by atoms with Gasteiger partial charge in [-0.05, 0) is 58.7 Å². The minimum Gasteiger partial charge on any atom is -0.508 e. The van der Waals surface area contributed by atoms with Gasteiger partial charge >= 0.3 is 0 Å². The minimum absolute atomic E-state index is 0.176. The molecule has 0 aliphatic rings. The Morgan fingerprint density at radius 1 is 0.634 bits per heavy atom. The predicted molar refractivity (Wildman–Crippen MR) is 161 cm³/mol. The molecule has 0 heterocycles. The molecule has 0 radical (unpaired) electrons. The summed E-state index contributed by atoms with van der Waals surface area (Å²) in [5, 5.41) is 10.3. The highest BCUT2D eigenvalue weighted by atomic mass is 16.5. The van der Waals surface area contributed by atoms with E-state index in [9.17, 15) is 9.90 Å². The van der Waals surface area contributed by atoms with Crippen LogP contribution in [0.3, 0.4) is 0 Å². The summed E-state index contributed by atoms with van der Waals surface area (Å²) in [4.78, 5) is 12.4. The highest BCUT2D eigenvalue weighted by Crippen LogP contribution is 2.30. The molecule has 6 heteroatoms. The van der Waals surface area contributed by atoms with Crippen LogP contribution in [-0.4, -0.2) is 25.1 Å². The quantitative estimate of drug-likeness (QED) is 0.105. The SMILES string of the molecule is COc1cc(/C=C/C(=O)/C=C(O)/C=C/c2ccc(OCc3ccccc3)c(OC)c2)ccc1OCc1ccccc1. The maximum absolute atomic E-state index is 12.4. The smallest absolute Gasteiger partial charge is 0.182 e. The van der Waals surface area contributed by atoms with Crippen LogP contribution < -0.4 is 18.9 Å². The molecule has 0 saturated heterocycles. The van der Waals surface area contributed by atoms with Gasteiger partial charge in [0.25, 0.3) is 0 Å². The number of carbonyl (C=O) groups excluding carboxylic acids is 1. The number of methoxy groups -OCH3 is 2. The summed E-state index contributed by atoms with van der Waals surface area (Å²) in [5.41, 5.74) is 3.64. The Bertz CT molecular complexity index is 1520. The molecule has 0 atom stereocenters. The van der Waals surface area contributed by atoms with Gasteiger partial charge in [0.1, 0.15) is 19.0 Å². The molecule has 41 heavy (non-hydrogen) atoms. The van der Waals surface area contributed by atoms with Crippen molar-refractivity contribution in [2.75, 3.05) is 14.2 Å². The number of ketones is 1. The van der Waals surface area contributed by atoms with E-state index in [0.29, 0.717) is 36.2 Å². The predicted octanol–water partition coefficient (Wildman–Crippen LogP) is 7.60. The lowest BCUT2D eigenvalue weighted by Crippen LogP contribution is -1.97. The van der Waals surface area contributed by atoms with Crippen molar-refractivity contribution in [1.82, 2.24) is 0 Å². The van der Waals surface area contributed by atoms with Crippen LogP contribution in [0.1, 0.15) is 22.3 Å². The van der Waals surface area contributed by atoms with Gasteiger partial charge in [0.15, 0.2) is 28.8 Å². The third-order valence-corrected chi connectivity index (χ3v) is 6.03. The summed E-state index contributed by atoms with van der Waals surface area (Å²) in [6.45, 7) is 0.839. The first kappa shape index (κ1) is 28.8. The molecule has 208 valence electrons. The molecule has 0 aliphatic heterocycles. The Morgan fingerprint density at radius 2 is 1.10 bits per heavy atom. The van der Waals surface area contributed by atoms with E-state index in [1.54, 1.807) is 44.6 Å². The van der Waals surface area contributed by atoms with Crippen LogP contribution >= 0.6 is 0 Å². The third-order valence-electron chi connectivity index (χ3n) is 6.03. The van der Waals surface area contributed by atoms with Gasteiger partial charge in [0, 0.05) is 6.08 Å². The van der Waals surface area contributed by atoms with E-state index in [0.717, 1.165) is 28.3 Å². The molecule has 0 unspecified atom stereocenters. The first-order valence-corrected chi connectivity index (χ1v) is 13.0. The number of aliphatic hydroxyl groups is 1. The number of allylic oxidation sites excluding steroid dienone is 3. The van der Waals surface area contributed by atoms with Crippen molar-refractivity contribution in [3.8, 4) is 23.0 Å². The van der Waals surface area contributed by atoms with Crippen molar-refractivity contribution >= 4 is 17.9 Å². The summed E-state index contributed by atoms with van der Waals surface area (Å²) >= 11 is 0. The van der Waals surface area contributed by atoms with E-state index >= 15 is 0 Å². The molecule has 0 aromatic heterocycles. The normalized spacial score (nSPS) is 11.5. The molecule has 0 fully saturated rings. The van der Waals surface area contributed by atoms with Crippen molar-refractivity contribution in [2.45, 2.75) is 13.2 Å². The molecule has 0 aliphatic carbocycles. The Balaban J connectivity index is 1.34. The number of ether oxygens (including phenoxy) is 4. The zero-order valence-corrected chi connectivity index (χ0v) is 23.0. The molecule has 4 rings (SSSR count). The van der Waals surface area contributed by atoms with E-state index in [1.807, 2.05) is 78.9 Å². The van der Waals surface area contributed by atoms with E-state index in [2.05, 4.69) is 0 Å². The van der Waals surface area contributed by atoms with Crippen LogP contribution in [0, 0.1) is 0 Å². The monoisotopic (exact) mass is 548 g/mol. The van der Waals surface area contributed by atoms with Crippen LogP contribution in [0.5, 0.6) is 23.0 Å². The fraction of sp³-hybridized carbons (Fsp3) is 0.114. The maximum Gasteiger partial charge on any atom is 0.182 e. The molecular formula is C35H32O6. The summed E-state index contributed by atoms with van der Waals surface area (Å²) in [6, 6.07) is 30.6. The topological polar surface area (TPSA) is 74.2 Å². The fourth-order valence-electron chi connectivity index (χ4n) is 3.89. The summed E-state index contributed by atoms with van der Waals surface area (Å²) in [6.07, 6.45) is 7.32. The second-order valence-electron chi connectivity index (χ2n) is 9.01. The number of aliphatic hydroxyl groups excluding tert-OH is 1. The van der Waals surface area contributed by atoms with Gasteiger partial charge in [0.05, 0.1) is 14.2 Å². The Kier molecular flexibility index (Phi) is 10.4. The van der Waals surface area contributed by atoms with E-state index in [-0.39, 0.29) is 11.5 Å². The lowest BCUT2D eigenvalue weighted by atomic mass is 10.1. The Hall–Kier alpha value is -5.23. The van der Waals surface area contributed by atoms with Crippen LogP contribution in [0.2, 0.25) is 0 Å². The highest BCUT2D eigenvalue weighted by Gasteiger charge is 2.07. The van der Waals surface area contributed by atoms with Crippen molar-refractivity contribution < 1.29 is 28.8 Å². The van der Waals surface area contributed by atoms with Crippen LogP contribution in [0.4, 0.5) is 0 Å². The second-order valence-corrected chi connectivity index (χ2v) is 9.01. The number of carbonyl (C=O) groups is 1. The molecule has 6 nitrogen and oxygen atoms in total. The van der Waals surface area contributed by atoms with Crippen molar-refractivity contribution in [3.63, 3.8) is 0 Å². The van der Waals surface area contributed by atoms with Crippen molar-refractivity contribution in [1.29, 1.82) is 0 Å². The highest BCUT2D eigenvalue weighted by molar-refractivity contribution is 6.02. The summed E-state index contributed by atoms with van der Waals surface area (Å²) in [7, 11) is 3.14. The Labute approximate surface area is 240 Å². The van der Waals surface area contributed by atoms with Gasteiger partial charge in [-0.1, -0.05) is 84.9 Å². The van der Waals surface area contributed by atoms with Gasteiger partial charge in [-0.25, -0.2) is 0 Å². The van der Waals surface area contributed by atoms with Gasteiger partial charge in [0.2, 0.25) is 0 Å². The lowest BCUT2D eigenvalue weighted by Gasteiger charge is -2.11. The molecule has 1 N–H and O–H groups in total. The number of hydrogen-bond donors (Lipinski definition) is 1. The molecule has 0 bridgehead atoms. The van der Waals surface area contributed by atoms with Gasteiger partial charge in [-0.2, -0.15) is 0 Å². The lowest BCUT2D eigenvalue weighted by molar-refractivity contribution is -0.110. The Morgan fingerprint density at radius 3 is 1.56 bits per heavy atom. The molecule has 0 amide bonds. The number of benzene rings is 4. The van der Waals surface area contributed by atoms with Gasteiger partial charge < -0.3 is 24.1 Å². The molecule has 4 aromatic carbocycles. The second kappa shape index (κ2) is 14.8. The van der Waals surface area contributed by atoms with E-state index < -0.39 is 0 Å². The molecule has 0 saturated carbocycles. The molecular weight excluding hydrogens is 516 g/mol. The van der Waals surface area contributed by atoms with Crippen molar-refractivity contribution in [3.05, 3.63) is 143 Å². The number of hydrogen-bond acceptors (Lipinski definition) is 6. The molecule has 0 spiro atoms. The van der Waals surface area contributed by atoms with Crippen molar-refractivity contribution in [2.24, 2.45) is 0 Å².